The van der Waals surface area contributed by atoms with Crippen LogP contribution in [0.4, 0.5) is 14.7 Å². The van der Waals surface area contributed by atoms with E-state index in [-0.39, 0.29) is 17.4 Å². The van der Waals surface area contributed by atoms with Gasteiger partial charge in [-0.05, 0) is 13.2 Å². The Bertz CT molecular complexity index is 747. The number of nitrogens with zero attached hydrogens (tertiary/aromatic N) is 1. The fourth-order valence-electron chi connectivity index (χ4n) is 2.16. The molecular formula is C13H12ClF2N3O3S. The molecule has 3 rings (SSSR count). The Kier molecular flexibility index (Phi) is 4.03. The number of thioether (sulfide) groups is 1. The van der Waals surface area contributed by atoms with Crippen molar-refractivity contribution >= 4 is 40.3 Å². The number of rotatable bonds is 4. The molecule has 0 radical (unpaired) electrons. The van der Waals surface area contributed by atoms with Crippen molar-refractivity contribution in [1.82, 2.24) is 9.97 Å². The lowest BCUT2D eigenvalue weighted by atomic mass is 10.3. The summed E-state index contributed by atoms with van der Waals surface area (Å²) in [7, 11) is 0. The van der Waals surface area contributed by atoms with E-state index in [1.54, 1.807) is 13.2 Å². The summed E-state index contributed by atoms with van der Waals surface area (Å²) in [4.78, 5) is 7.58. The molecule has 0 saturated heterocycles. The highest BCUT2D eigenvalue weighted by molar-refractivity contribution is 8.02. The molecule has 10 heteroatoms. The molecule has 1 aliphatic rings. The summed E-state index contributed by atoms with van der Waals surface area (Å²) in [6.07, 6.45) is -2.94. The Morgan fingerprint density at radius 3 is 2.70 bits per heavy atom. The normalized spacial score (nSPS) is 18.0. The molecule has 0 aliphatic carbocycles. The second-order valence-corrected chi connectivity index (χ2v) is 6.13. The first kappa shape index (κ1) is 16.2. The van der Waals surface area contributed by atoms with Gasteiger partial charge in [0.25, 0.3) is 0 Å². The average molecular weight is 364 g/mol. The molecule has 124 valence electrons. The van der Waals surface area contributed by atoms with Gasteiger partial charge in [0.2, 0.25) is 5.95 Å². The third-order valence-electron chi connectivity index (χ3n) is 3.09. The molecule has 1 atom stereocenters. The molecule has 0 saturated carbocycles. The van der Waals surface area contributed by atoms with Gasteiger partial charge in [-0.1, -0.05) is 11.6 Å². The smallest absolute Gasteiger partial charge is 0.395 e. The number of benzene rings is 1. The van der Waals surface area contributed by atoms with Crippen LogP contribution in [-0.4, -0.2) is 33.9 Å². The minimum Gasteiger partial charge on any atom is -0.395 e. The van der Waals surface area contributed by atoms with Gasteiger partial charge in [-0.3, -0.25) is 0 Å². The molecule has 2 heterocycles. The van der Waals surface area contributed by atoms with Crippen LogP contribution in [0.2, 0.25) is 0 Å². The average Bonchev–Trinajstić information content (AvgIpc) is 2.92. The highest BCUT2D eigenvalue weighted by atomic mass is 35.5. The van der Waals surface area contributed by atoms with Crippen LogP contribution in [0.25, 0.3) is 11.0 Å². The van der Waals surface area contributed by atoms with Crippen molar-refractivity contribution in [3.63, 3.8) is 0 Å². The molecule has 0 spiro atoms. The Hall–Kier alpha value is -1.71. The van der Waals surface area contributed by atoms with Crippen LogP contribution in [-0.2, 0) is 0 Å². The first-order valence-electron chi connectivity index (χ1n) is 6.43. The van der Waals surface area contributed by atoms with Crippen LogP contribution in [0, 0.1) is 0 Å². The Morgan fingerprint density at radius 2 is 2.09 bits per heavy atom. The molecule has 0 amide bonds. The van der Waals surface area contributed by atoms with E-state index in [2.05, 4.69) is 24.8 Å². The molecule has 1 aromatic carbocycles. The highest BCUT2D eigenvalue weighted by Gasteiger charge is 2.43. The van der Waals surface area contributed by atoms with Gasteiger partial charge in [-0.15, -0.1) is 20.5 Å². The van der Waals surface area contributed by atoms with Crippen molar-refractivity contribution in [2.75, 3.05) is 11.6 Å². The number of nitrogens with one attached hydrogen (secondary N) is 2. The van der Waals surface area contributed by atoms with Crippen LogP contribution in [0.1, 0.15) is 6.92 Å². The summed E-state index contributed by atoms with van der Waals surface area (Å²) in [6, 6.07) is 2.69. The lowest BCUT2D eigenvalue weighted by molar-refractivity contribution is -0.286. The second kappa shape index (κ2) is 5.73. The van der Waals surface area contributed by atoms with Crippen molar-refractivity contribution in [3.05, 3.63) is 22.1 Å². The van der Waals surface area contributed by atoms with Crippen LogP contribution in [0.3, 0.4) is 0 Å². The third kappa shape index (κ3) is 3.17. The zero-order valence-electron chi connectivity index (χ0n) is 12.0. The van der Waals surface area contributed by atoms with Gasteiger partial charge >= 0.3 is 6.29 Å². The van der Waals surface area contributed by atoms with E-state index in [1.807, 2.05) is 0 Å². The van der Waals surface area contributed by atoms with Crippen molar-refractivity contribution in [2.24, 2.45) is 0 Å². The van der Waals surface area contributed by atoms with Crippen molar-refractivity contribution in [3.8, 4) is 11.5 Å². The number of aliphatic hydroxyl groups is 1. The number of H-pyrrole nitrogens is 1. The largest absolute Gasteiger partial charge is 0.586 e. The van der Waals surface area contributed by atoms with E-state index >= 15 is 0 Å². The Balaban J connectivity index is 1.87. The van der Waals surface area contributed by atoms with Crippen LogP contribution < -0.4 is 14.8 Å². The zero-order chi connectivity index (χ0) is 16.8. The minimum atomic E-state index is -3.67. The first-order chi connectivity index (χ1) is 10.8. The number of hydrogen-bond donors (Lipinski definition) is 3. The zero-order valence-corrected chi connectivity index (χ0v) is 13.6. The van der Waals surface area contributed by atoms with Gasteiger partial charge in [0.15, 0.2) is 17.7 Å². The summed E-state index contributed by atoms with van der Waals surface area (Å²) in [5.41, 5.74) is 0.842. The van der Waals surface area contributed by atoms with E-state index in [9.17, 15) is 13.9 Å². The molecule has 1 aliphatic heterocycles. The van der Waals surface area contributed by atoms with Gasteiger partial charge in [-0.2, -0.15) is 0 Å². The summed E-state index contributed by atoms with van der Waals surface area (Å²) in [5, 5.41) is 13.3. The number of allylic oxidation sites excluding steroid dienone is 1. The molecule has 3 N–H and O–H groups in total. The van der Waals surface area contributed by atoms with E-state index in [0.29, 0.717) is 21.0 Å². The summed E-state index contributed by atoms with van der Waals surface area (Å²) >= 11 is 7.20. The molecular weight excluding hydrogens is 352 g/mol. The molecule has 23 heavy (non-hydrogen) atoms. The number of halogens is 3. The fraction of sp³-hybridized carbons (Fsp3) is 0.308. The van der Waals surface area contributed by atoms with E-state index in [0.717, 1.165) is 0 Å². The van der Waals surface area contributed by atoms with Gasteiger partial charge in [0.1, 0.15) is 0 Å². The number of alkyl halides is 2. The Labute approximate surface area is 138 Å². The van der Waals surface area contributed by atoms with Gasteiger partial charge < -0.3 is 24.9 Å². The monoisotopic (exact) mass is 363 g/mol. The number of anilines is 1. The standard InChI is InChI=1S/C13H12ClF2N3O3S/c1-5(14)10(23-2)11(20)19-12-17-6-3-8-9(4-7(6)18-12)22-13(15,16)21-8/h3-4,11,20H,1-2H3,(H2,17,18,19)/b10-5+. The lowest BCUT2D eigenvalue weighted by Crippen LogP contribution is -2.25. The molecule has 2 aromatic rings. The number of aliphatic hydroxyl groups excluding tert-OH is 1. The first-order valence-corrected chi connectivity index (χ1v) is 8.04. The second-order valence-electron chi connectivity index (χ2n) is 4.72. The van der Waals surface area contributed by atoms with E-state index in [4.69, 9.17) is 11.6 Å². The third-order valence-corrected chi connectivity index (χ3v) is 4.37. The van der Waals surface area contributed by atoms with Gasteiger partial charge in [0, 0.05) is 22.1 Å². The van der Waals surface area contributed by atoms with Gasteiger partial charge in [0.05, 0.1) is 11.0 Å². The minimum absolute atomic E-state index is 0.0838. The predicted molar refractivity (Wildman–Crippen MR) is 84.0 cm³/mol. The summed E-state index contributed by atoms with van der Waals surface area (Å²) in [5.74, 6) is 0.0781. The van der Waals surface area contributed by atoms with Crippen LogP contribution in [0.15, 0.2) is 22.1 Å². The highest BCUT2D eigenvalue weighted by Crippen LogP contribution is 2.43. The van der Waals surface area contributed by atoms with Gasteiger partial charge in [-0.25, -0.2) is 4.98 Å². The SMILES string of the molecule is CS/C(=C(\C)Cl)C(O)Nc1nc2cc3c(cc2[nH]1)OC(F)(F)O3. The Morgan fingerprint density at radius 1 is 1.43 bits per heavy atom. The van der Waals surface area contributed by atoms with E-state index in [1.165, 1.54) is 23.9 Å². The molecule has 1 aromatic heterocycles. The predicted octanol–water partition coefficient (Wildman–Crippen LogP) is 3.45. The maximum absolute atomic E-state index is 13.0. The summed E-state index contributed by atoms with van der Waals surface area (Å²) in [6.45, 7) is 1.66. The number of aromatic nitrogens is 2. The maximum Gasteiger partial charge on any atom is 0.586 e. The van der Waals surface area contributed by atoms with E-state index < -0.39 is 12.5 Å². The molecule has 1 unspecified atom stereocenters. The molecule has 0 fully saturated rings. The summed E-state index contributed by atoms with van der Waals surface area (Å²) < 4.78 is 34.8. The van der Waals surface area contributed by atoms with Crippen LogP contribution >= 0.6 is 23.4 Å². The maximum atomic E-state index is 13.0. The quantitative estimate of drug-likeness (QED) is 0.722. The molecule has 0 bridgehead atoms. The topological polar surface area (TPSA) is 79.4 Å². The number of fused-ring (bicyclic) bond motifs is 2. The fourth-order valence-corrected chi connectivity index (χ4v) is 3.06. The number of ether oxygens (including phenoxy) is 2. The van der Waals surface area contributed by atoms with Crippen LogP contribution in [0.5, 0.6) is 11.5 Å². The van der Waals surface area contributed by atoms with Crippen molar-refractivity contribution in [2.45, 2.75) is 19.4 Å². The number of hydrogen-bond acceptors (Lipinski definition) is 6. The van der Waals surface area contributed by atoms with Crippen molar-refractivity contribution < 1.29 is 23.4 Å². The van der Waals surface area contributed by atoms with Crippen molar-refractivity contribution in [1.29, 1.82) is 0 Å². The number of imidazole rings is 1. The lowest BCUT2D eigenvalue weighted by Gasteiger charge is -2.14. The number of aromatic amines is 1. The molecule has 6 nitrogen and oxygen atoms in total.